The molecule has 0 bridgehead atoms. The van der Waals surface area contributed by atoms with Crippen molar-refractivity contribution in [3.8, 4) is 17.6 Å². The first kappa shape index (κ1) is 26.8. The topological polar surface area (TPSA) is 119 Å². The van der Waals surface area contributed by atoms with Gasteiger partial charge in [-0.2, -0.15) is 5.26 Å². The van der Waals surface area contributed by atoms with Crippen LogP contribution in [0.4, 0.5) is 5.69 Å². The van der Waals surface area contributed by atoms with Crippen LogP contribution in [0.3, 0.4) is 0 Å². The predicted octanol–water partition coefficient (Wildman–Crippen LogP) is 3.65. The van der Waals surface area contributed by atoms with Crippen molar-refractivity contribution in [3.05, 3.63) is 114 Å². The number of nitrogens with zero attached hydrogens (tertiary/aromatic N) is 2. The van der Waals surface area contributed by atoms with Gasteiger partial charge in [0.25, 0.3) is 11.5 Å². The number of thiazole rings is 1. The molecular weight excluding hydrogens is 548 g/mol. The molecule has 1 atom stereocenters. The van der Waals surface area contributed by atoms with Crippen molar-refractivity contribution in [1.82, 2.24) is 4.57 Å². The summed E-state index contributed by atoms with van der Waals surface area (Å²) in [6.45, 7) is 0. The molecule has 10 heteroatoms. The number of anilines is 1. The zero-order chi connectivity index (χ0) is 28.4. The van der Waals surface area contributed by atoms with E-state index < -0.39 is 17.4 Å². The third-order valence-electron chi connectivity index (χ3n) is 6.48. The average molecular weight is 571 g/mol. The van der Waals surface area contributed by atoms with Crippen molar-refractivity contribution in [3.63, 3.8) is 0 Å². The van der Waals surface area contributed by atoms with E-state index in [4.69, 9.17) is 26.8 Å². The van der Waals surface area contributed by atoms with Gasteiger partial charge in [0.15, 0.2) is 0 Å². The highest BCUT2D eigenvalue weighted by atomic mass is 35.5. The number of nitrogens with one attached hydrogen (secondary N) is 1. The number of hydrogen-bond acceptors (Lipinski definition) is 7. The van der Waals surface area contributed by atoms with Crippen molar-refractivity contribution >= 4 is 52.0 Å². The summed E-state index contributed by atoms with van der Waals surface area (Å²) in [6.07, 6.45) is 1.72. The number of nitrogens with two attached hydrogens (primary N) is 1. The maximum absolute atomic E-state index is 13.9. The quantitative estimate of drug-likeness (QED) is 0.365. The molecule has 0 saturated carbocycles. The third-order valence-corrected chi connectivity index (χ3v) is 7.84. The number of ether oxygens (including phenoxy) is 2. The fourth-order valence-corrected chi connectivity index (χ4v) is 5.78. The molecule has 0 aliphatic carbocycles. The second-order valence-corrected chi connectivity index (χ2v) is 10.3. The summed E-state index contributed by atoms with van der Waals surface area (Å²) in [6, 6.07) is 23.1. The number of allylic oxidation sites excluding steroid dienone is 1. The highest BCUT2D eigenvalue weighted by molar-refractivity contribution is 7.07. The summed E-state index contributed by atoms with van der Waals surface area (Å²) in [5, 5.41) is 13.6. The second kappa shape index (κ2) is 11.1. The van der Waals surface area contributed by atoms with Gasteiger partial charge in [-0.15, -0.1) is 11.3 Å². The lowest BCUT2D eigenvalue weighted by Crippen LogP contribution is -2.40. The first-order chi connectivity index (χ1) is 19.3. The number of halogens is 1. The fourth-order valence-electron chi connectivity index (χ4n) is 4.48. The fraction of sp³-hybridized carbons (Fsp3) is 0.100. The summed E-state index contributed by atoms with van der Waals surface area (Å²) in [4.78, 5) is 27.5. The number of rotatable bonds is 6. The van der Waals surface area contributed by atoms with Gasteiger partial charge in [0, 0.05) is 10.7 Å². The Balaban J connectivity index is 1.77. The minimum absolute atomic E-state index is 0.0167. The molecule has 3 aromatic carbocycles. The average Bonchev–Trinajstić information content (AvgIpc) is 3.29. The summed E-state index contributed by atoms with van der Waals surface area (Å²) < 4.78 is 12.4. The van der Waals surface area contributed by atoms with Crippen LogP contribution in [0.15, 0.2) is 83.2 Å². The molecule has 1 aliphatic heterocycles. The molecule has 4 aromatic rings. The van der Waals surface area contributed by atoms with Crippen molar-refractivity contribution in [1.29, 1.82) is 5.26 Å². The molecule has 8 nitrogen and oxygen atoms in total. The Morgan fingerprint density at radius 1 is 1.02 bits per heavy atom. The van der Waals surface area contributed by atoms with E-state index in [2.05, 4.69) is 11.4 Å². The van der Waals surface area contributed by atoms with E-state index in [9.17, 15) is 14.9 Å². The van der Waals surface area contributed by atoms with E-state index in [1.165, 1.54) is 4.57 Å². The van der Waals surface area contributed by atoms with Gasteiger partial charge >= 0.3 is 0 Å². The van der Waals surface area contributed by atoms with E-state index in [-0.39, 0.29) is 17.0 Å². The first-order valence-corrected chi connectivity index (χ1v) is 13.3. The van der Waals surface area contributed by atoms with Crippen LogP contribution < -0.4 is 35.3 Å². The standard InChI is InChI=1S/C30H23ClN4O4S/c1-38-21-11-3-17(4-12-21)15-24-29(37)35-27(33)23(16-32)25(18-5-13-22(39-2)14-6-18)26(30(35)40-24)28(36)34-20-9-7-19(31)8-10-20/h3-15,25H,33H2,1-2H3,(H,34,36)/b24-15-. The molecule has 40 heavy (non-hydrogen) atoms. The zero-order valence-electron chi connectivity index (χ0n) is 21.5. The van der Waals surface area contributed by atoms with Gasteiger partial charge in [-0.25, -0.2) is 0 Å². The van der Waals surface area contributed by atoms with E-state index in [0.717, 1.165) is 16.9 Å². The molecule has 1 aromatic heterocycles. The lowest BCUT2D eigenvalue weighted by molar-refractivity contribution is -0.111. The Hall–Kier alpha value is -4.78. The number of fused-ring (bicyclic) bond motifs is 1. The second-order valence-electron chi connectivity index (χ2n) is 8.82. The van der Waals surface area contributed by atoms with Gasteiger partial charge in [0.1, 0.15) is 22.0 Å². The molecule has 1 unspecified atom stereocenters. The minimum Gasteiger partial charge on any atom is -0.497 e. The van der Waals surface area contributed by atoms with E-state index in [0.29, 0.717) is 37.0 Å². The van der Waals surface area contributed by atoms with Crippen LogP contribution in [0.25, 0.3) is 17.5 Å². The SMILES string of the molecule is COc1ccc(/C=c2\sc3n(c2=O)C(N)=C(C#N)C(c2ccc(OC)cc2)C=3C(=O)Nc2ccc(Cl)cc2)cc1. The van der Waals surface area contributed by atoms with Gasteiger partial charge in [-0.1, -0.05) is 35.9 Å². The summed E-state index contributed by atoms with van der Waals surface area (Å²) in [5.41, 5.74) is 8.28. The van der Waals surface area contributed by atoms with Crippen LogP contribution in [-0.2, 0) is 4.79 Å². The largest absolute Gasteiger partial charge is 0.497 e. The number of carbonyl (C=O) groups is 1. The van der Waals surface area contributed by atoms with Crippen LogP contribution >= 0.6 is 22.9 Å². The number of aromatic nitrogens is 1. The number of carbonyl (C=O) groups excluding carboxylic acids is 1. The summed E-state index contributed by atoms with van der Waals surface area (Å²) in [5.74, 6) is -0.0184. The van der Waals surface area contributed by atoms with E-state index in [1.54, 1.807) is 81.0 Å². The van der Waals surface area contributed by atoms with E-state index in [1.807, 2.05) is 12.1 Å². The maximum Gasteiger partial charge on any atom is 0.274 e. The summed E-state index contributed by atoms with van der Waals surface area (Å²) >= 11 is 7.15. The normalized spacial score (nSPS) is 14.9. The van der Waals surface area contributed by atoms with Crippen molar-refractivity contribution in [2.75, 3.05) is 19.5 Å². The number of amides is 1. The van der Waals surface area contributed by atoms with Gasteiger partial charge < -0.3 is 20.5 Å². The first-order valence-electron chi connectivity index (χ1n) is 12.1. The number of methoxy groups -OCH3 is 2. The van der Waals surface area contributed by atoms with Gasteiger partial charge in [-0.3, -0.25) is 14.2 Å². The Morgan fingerprint density at radius 2 is 1.62 bits per heavy atom. The molecule has 0 saturated heterocycles. The molecule has 5 rings (SSSR count). The van der Waals surface area contributed by atoms with Gasteiger partial charge in [-0.05, 0) is 65.7 Å². The Kier molecular flexibility index (Phi) is 7.47. The van der Waals surface area contributed by atoms with Crippen LogP contribution in [0.5, 0.6) is 11.5 Å². The Bertz CT molecular complexity index is 1850. The maximum atomic E-state index is 13.9. The lowest BCUT2D eigenvalue weighted by Gasteiger charge is -2.25. The molecule has 1 aliphatic rings. The number of hydrogen-bond donors (Lipinski definition) is 2. The molecule has 3 N–H and O–H groups in total. The highest BCUT2D eigenvalue weighted by Crippen LogP contribution is 2.37. The third kappa shape index (κ3) is 4.98. The highest BCUT2D eigenvalue weighted by Gasteiger charge is 2.35. The molecule has 200 valence electrons. The molecule has 2 heterocycles. The smallest absolute Gasteiger partial charge is 0.274 e. The molecular formula is C30H23ClN4O4S. The van der Waals surface area contributed by atoms with Crippen molar-refractivity contribution < 1.29 is 14.3 Å². The van der Waals surface area contributed by atoms with Gasteiger partial charge in [0.2, 0.25) is 0 Å². The number of nitriles is 1. The molecule has 0 fully saturated rings. The Labute approximate surface area is 238 Å². The van der Waals surface area contributed by atoms with Crippen LogP contribution in [-0.4, -0.2) is 24.7 Å². The van der Waals surface area contributed by atoms with Gasteiger partial charge in [0.05, 0.1) is 41.9 Å². The van der Waals surface area contributed by atoms with Crippen LogP contribution in [0, 0.1) is 11.3 Å². The molecule has 1 amide bonds. The molecule has 0 spiro atoms. The van der Waals surface area contributed by atoms with Crippen molar-refractivity contribution in [2.45, 2.75) is 5.92 Å². The molecule has 0 radical (unpaired) electrons. The van der Waals surface area contributed by atoms with Crippen molar-refractivity contribution in [2.24, 2.45) is 5.73 Å². The predicted molar refractivity (Wildman–Crippen MR) is 157 cm³/mol. The Morgan fingerprint density at radius 3 is 2.20 bits per heavy atom. The summed E-state index contributed by atoms with van der Waals surface area (Å²) in [7, 11) is 3.13. The van der Waals surface area contributed by atoms with Crippen LogP contribution in [0.1, 0.15) is 17.0 Å². The minimum atomic E-state index is -0.824. The van der Waals surface area contributed by atoms with Crippen LogP contribution in [0.2, 0.25) is 5.02 Å². The zero-order valence-corrected chi connectivity index (χ0v) is 23.0. The lowest BCUT2D eigenvalue weighted by atomic mass is 9.83. The van der Waals surface area contributed by atoms with E-state index >= 15 is 0 Å². The number of benzene rings is 3. The monoisotopic (exact) mass is 570 g/mol.